The van der Waals surface area contributed by atoms with E-state index in [9.17, 15) is 4.79 Å². The monoisotopic (exact) mass is 336 g/mol. The van der Waals surface area contributed by atoms with Crippen molar-refractivity contribution in [3.8, 4) is 0 Å². The fourth-order valence-corrected chi connectivity index (χ4v) is 2.15. The van der Waals surface area contributed by atoms with Gasteiger partial charge in [0.25, 0.3) is 5.56 Å². The molecule has 0 atom stereocenters. The fourth-order valence-electron chi connectivity index (χ4n) is 1.74. The first-order valence-electron chi connectivity index (χ1n) is 6.50. The van der Waals surface area contributed by atoms with E-state index in [1.807, 2.05) is 12.1 Å². The molecule has 6 heteroatoms. The first-order chi connectivity index (χ1) is 9.61. The van der Waals surface area contributed by atoms with Gasteiger partial charge in [-0.3, -0.25) is 4.79 Å². The minimum Gasteiger partial charge on any atom is -0.399 e. The predicted molar refractivity (Wildman–Crippen MR) is 85.2 cm³/mol. The van der Waals surface area contributed by atoms with Crippen LogP contribution in [-0.4, -0.2) is 9.78 Å². The Balaban J connectivity index is 2.23. The van der Waals surface area contributed by atoms with Crippen LogP contribution >= 0.6 is 15.9 Å². The van der Waals surface area contributed by atoms with Crippen molar-refractivity contribution >= 4 is 33.0 Å². The van der Waals surface area contributed by atoms with Gasteiger partial charge in [-0.15, -0.1) is 0 Å². The summed E-state index contributed by atoms with van der Waals surface area (Å²) in [5.74, 6) is 0. The van der Waals surface area contributed by atoms with E-state index in [1.165, 1.54) is 4.68 Å². The summed E-state index contributed by atoms with van der Waals surface area (Å²) in [5.41, 5.74) is 7.71. The van der Waals surface area contributed by atoms with Gasteiger partial charge in [-0.05, 0) is 46.6 Å². The molecule has 20 heavy (non-hydrogen) atoms. The summed E-state index contributed by atoms with van der Waals surface area (Å²) < 4.78 is 1.96. The van der Waals surface area contributed by atoms with E-state index in [0.717, 1.165) is 18.5 Å². The highest BCUT2D eigenvalue weighted by molar-refractivity contribution is 9.10. The highest BCUT2D eigenvalue weighted by atomic mass is 79.9. The zero-order valence-electron chi connectivity index (χ0n) is 11.3. The Morgan fingerprint density at radius 1 is 1.35 bits per heavy atom. The molecule has 1 aromatic carbocycles. The van der Waals surface area contributed by atoms with Gasteiger partial charge in [0.05, 0.1) is 11.9 Å². The van der Waals surface area contributed by atoms with Crippen LogP contribution in [0.2, 0.25) is 0 Å². The molecule has 0 aliphatic rings. The first-order valence-corrected chi connectivity index (χ1v) is 7.29. The number of nitrogens with two attached hydrogens (primary N) is 1. The Bertz CT molecular complexity index is 637. The average molecular weight is 337 g/mol. The summed E-state index contributed by atoms with van der Waals surface area (Å²) in [4.78, 5) is 12.1. The second-order valence-corrected chi connectivity index (χ2v) is 5.29. The van der Waals surface area contributed by atoms with Crippen molar-refractivity contribution < 1.29 is 0 Å². The maximum Gasteiger partial charge on any atom is 0.283 e. The van der Waals surface area contributed by atoms with Gasteiger partial charge in [-0.2, -0.15) is 5.10 Å². The van der Waals surface area contributed by atoms with E-state index < -0.39 is 0 Å². The Hall–Kier alpha value is -1.82. The van der Waals surface area contributed by atoms with Crippen molar-refractivity contribution in [3.63, 3.8) is 0 Å². The molecule has 0 bridgehead atoms. The smallest absolute Gasteiger partial charge is 0.283 e. The molecule has 0 fully saturated rings. The van der Waals surface area contributed by atoms with Crippen LogP contribution in [0.5, 0.6) is 0 Å². The molecular formula is C14H17BrN4O. The molecule has 0 saturated heterocycles. The number of aryl methyl sites for hydroxylation is 1. The van der Waals surface area contributed by atoms with Crippen LogP contribution in [0.1, 0.15) is 19.8 Å². The van der Waals surface area contributed by atoms with E-state index in [1.54, 1.807) is 18.3 Å². The minimum atomic E-state index is -0.126. The summed E-state index contributed by atoms with van der Waals surface area (Å²) >= 11 is 3.33. The average Bonchev–Trinajstić information content (AvgIpc) is 2.45. The van der Waals surface area contributed by atoms with E-state index in [4.69, 9.17) is 5.73 Å². The van der Waals surface area contributed by atoms with Crippen molar-refractivity contribution in [2.24, 2.45) is 0 Å². The normalized spacial score (nSPS) is 10.5. The highest BCUT2D eigenvalue weighted by Crippen LogP contribution is 2.22. The maximum atomic E-state index is 12.1. The predicted octanol–water partition coefficient (Wildman–Crippen LogP) is 3.13. The van der Waals surface area contributed by atoms with Crippen LogP contribution in [0.15, 0.2) is 39.7 Å². The summed E-state index contributed by atoms with van der Waals surface area (Å²) in [5, 5.41) is 7.32. The van der Waals surface area contributed by atoms with Crippen LogP contribution in [0.3, 0.4) is 0 Å². The molecule has 5 nitrogen and oxygen atoms in total. The van der Waals surface area contributed by atoms with Gasteiger partial charge in [0.2, 0.25) is 0 Å². The molecule has 0 unspecified atom stereocenters. The quantitative estimate of drug-likeness (QED) is 0.822. The Labute approximate surface area is 125 Å². The highest BCUT2D eigenvalue weighted by Gasteiger charge is 2.08. The molecule has 2 aromatic rings. The largest absolute Gasteiger partial charge is 0.399 e. The number of halogens is 1. The zero-order valence-corrected chi connectivity index (χ0v) is 12.9. The Morgan fingerprint density at radius 2 is 2.05 bits per heavy atom. The lowest BCUT2D eigenvalue weighted by Crippen LogP contribution is -2.24. The third-order valence-electron chi connectivity index (χ3n) is 2.90. The summed E-state index contributed by atoms with van der Waals surface area (Å²) in [6, 6.07) is 7.30. The molecule has 0 aliphatic carbocycles. The first kappa shape index (κ1) is 14.6. The number of rotatable bonds is 5. The molecular weight excluding hydrogens is 320 g/mol. The molecule has 106 valence electrons. The Morgan fingerprint density at radius 3 is 2.70 bits per heavy atom. The van der Waals surface area contributed by atoms with Gasteiger partial charge >= 0.3 is 0 Å². The van der Waals surface area contributed by atoms with Crippen molar-refractivity contribution in [1.82, 2.24) is 9.78 Å². The molecule has 0 aliphatic heterocycles. The summed E-state index contributed by atoms with van der Waals surface area (Å²) in [7, 11) is 0. The van der Waals surface area contributed by atoms with Crippen LogP contribution in [-0.2, 0) is 6.54 Å². The number of nitrogens with one attached hydrogen (secondary N) is 1. The van der Waals surface area contributed by atoms with Crippen molar-refractivity contribution in [3.05, 3.63) is 45.3 Å². The lowest BCUT2D eigenvalue weighted by Gasteiger charge is -2.10. The zero-order chi connectivity index (χ0) is 14.5. The molecule has 0 radical (unpaired) electrons. The van der Waals surface area contributed by atoms with Gasteiger partial charge in [-0.1, -0.05) is 13.3 Å². The topological polar surface area (TPSA) is 72.9 Å². The fraction of sp³-hybridized carbons (Fsp3) is 0.286. The van der Waals surface area contributed by atoms with Crippen LogP contribution in [0.25, 0.3) is 0 Å². The van der Waals surface area contributed by atoms with E-state index >= 15 is 0 Å². The van der Waals surface area contributed by atoms with Crippen LogP contribution in [0, 0.1) is 0 Å². The molecule has 1 heterocycles. The maximum absolute atomic E-state index is 12.1. The van der Waals surface area contributed by atoms with Crippen LogP contribution in [0.4, 0.5) is 17.1 Å². The number of nitrogens with zero attached hydrogens (tertiary/aromatic N) is 2. The number of hydrogen-bond donors (Lipinski definition) is 2. The second-order valence-electron chi connectivity index (χ2n) is 4.50. The molecule has 0 spiro atoms. The van der Waals surface area contributed by atoms with Gasteiger partial charge in [0, 0.05) is 17.9 Å². The summed E-state index contributed by atoms with van der Waals surface area (Å²) in [6.07, 6.45) is 3.61. The SMILES string of the molecule is CCCCn1ncc(Nc2ccc(N)cc2)c(Br)c1=O. The molecule has 2 rings (SSSR count). The van der Waals surface area contributed by atoms with Gasteiger partial charge in [0.1, 0.15) is 4.47 Å². The number of aromatic nitrogens is 2. The third kappa shape index (κ3) is 3.39. The molecule has 0 amide bonds. The number of nitrogen functional groups attached to an aromatic ring is 1. The van der Waals surface area contributed by atoms with Crippen LogP contribution < -0.4 is 16.6 Å². The Kier molecular flexibility index (Phi) is 4.79. The van der Waals surface area contributed by atoms with E-state index in [-0.39, 0.29) is 5.56 Å². The van der Waals surface area contributed by atoms with Crippen molar-refractivity contribution in [1.29, 1.82) is 0 Å². The van der Waals surface area contributed by atoms with E-state index in [2.05, 4.69) is 33.3 Å². The number of hydrogen-bond acceptors (Lipinski definition) is 4. The lowest BCUT2D eigenvalue weighted by atomic mass is 10.3. The molecule has 3 N–H and O–H groups in total. The molecule has 0 saturated carbocycles. The van der Waals surface area contributed by atoms with Gasteiger partial charge in [0.15, 0.2) is 0 Å². The number of anilines is 3. The van der Waals surface area contributed by atoms with Gasteiger partial charge in [-0.25, -0.2) is 4.68 Å². The van der Waals surface area contributed by atoms with Gasteiger partial charge < -0.3 is 11.1 Å². The number of unbranched alkanes of at least 4 members (excludes halogenated alkanes) is 1. The van der Waals surface area contributed by atoms with E-state index in [0.29, 0.717) is 22.4 Å². The number of benzene rings is 1. The molecule has 1 aromatic heterocycles. The second kappa shape index (κ2) is 6.56. The summed E-state index contributed by atoms with van der Waals surface area (Å²) in [6.45, 7) is 2.72. The lowest BCUT2D eigenvalue weighted by molar-refractivity contribution is 0.541. The van der Waals surface area contributed by atoms with Crippen molar-refractivity contribution in [2.45, 2.75) is 26.3 Å². The minimum absolute atomic E-state index is 0.126. The third-order valence-corrected chi connectivity index (χ3v) is 3.66. The standard InChI is InChI=1S/C14H17BrN4O/c1-2-3-8-19-14(20)13(15)12(9-17-19)18-11-6-4-10(16)5-7-11/h4-7,9,18H,2-3,8,16H2,1H3. The van der Waals surface area contributed by atoms with Crippen molar-refractivity contribution in [2.75, 3.05) is 11.1 Å².